The highest BCUT2D eigenvalue weighted by Gasteiger charge is 2.38. The Labute approximate surface area is 185 Å². The Morgan fingerprint density at radius 2 is 1.97 bits per heavy atom. The molecule has 1 N–H and O–H groups in total. The van der Waals surface area contributed by atoms with Gasteiger partial charge < -0.3 is 10.2 Å². The highest BCUT2D eigenvalue weighted by Crippen LogP contribution is 2.42. The maximum atomic E-state index is 5.02. The van der Waals surface area contributed by atoms with Crippen LogP contribution in [0.2, 0.25) is 0 Å². The SMILES string of the molecule is CC[C@@H]1c2nncn2-c2cnc(NC(C)c3ccc(Br)cc3)nc2N1C1CCCC1. The third-order valence-corrected chi connectivity index (χ3v) is 6.81. The zero-order chi connectivity index (χ0) is 20.7. The number of hydrogen-bond donors (Lipinski definition) is 1. The molecular formula is C22H26BrN7. The molecule has 0 spiro atoms. The molecule has 3 heterocycles. The molecule has 0 amide bonds. The first-order chi connectivity index (χ1) is 14.7. The summed E-state index contributed by atoms with van der Waals surface area (Å²) in [5.41, 5.74) is 2.16. The second kappa shape index (κ2) is 7.98. The number of hydrogen-bond acceptors (Lipinski definition) is 6. The van der Waals surface area contributed by atoms with Gasteiger partial charge in [0.2, 0.25) is 5.95 Å². The minimum absolute atomic E-state index is 0.104. The fraction of sp³-hybridized carbons (Fsp3) is 0.455. The van der Waals surface area contributed by atoms with Crippen LogP contribution < -0.4 is 10.2 Å². The van der Waals surface area contributed by atoms with Gasteiger partial charge in [-0.3, -0.25) is 4.57 Å². The molecule has 1 fully saturated rings. The third-order valence-electron chi connectivity index (χ3n) is 6.28. The van der Waals surface area contributed by atoms with Crippen LogP contribution >= 0.6 is 15.9 Å². The van der Waals surface area contributed by atoms with E-state index in [1.165, 1.54) is 31.2 Å². The first-order valence-corrected chi connectivity index (χ1v) is 11.5. The van der Waals surface area contributed by atoms with Gasteiger partial charge in [-0.15, -0.1) is 10.2 Å². The van der Waals surface area contributed by atoms with Crippen LogP contribution in [0.3, 0.4) is 0 Å². The van der Waals surface area contributed by atoms with Crippen molar-refractivity contribution >= 4 is 27.7 Å². The Hall–Kier alpha value is -2.48. The van der Waals surface area contributed by atoms with E-state index in [1.807, 2.05) is 6.20 Å². The van der Waals surface area contributed by atoms with Gasteiger partial charge in [-0.05, 0) is 43.9 Å². The van der Waals surface area contributed by atoms with Gasteiger partial charge in [0.05, 0.1) is 18.3 Å². The van der Waals surface area contributed by atoms with Crippen LogP contribution in [0.25, 0.3) is 5.69 Å². The molecular weight excluding hydrogens is 442 g/mol. The smallest absolute Gasteiger partial charge is 0.225 e. The van der Waals surface area contributed by atoms with Crippen LogP contribution in [-0.2, 0) is 0 Å². The molecule has 3 aromatic rings. The number of nitrogens with one attached hydrogen (secondary N) is 1. The quantitative estimate of drug-likeness (QED) is 0.555. The number of aromatic nitrogens is 5. The van der Waals surface area contributed by atoms with E-state index < -0.39 is 0 Å². The van der Waals surface area contributed by atoms with Crippen molar-refractivity contribution in [3.63, 3.8) is 0 Å². The number of benzene rings is 1. The minimum atomic E-state index is 0.104. The van der Waals surface area contributed by atoms with E-state index in [0.717, 1.165) is 28.2 Å². The average molecular weight is 468 g/mol. The number of nitrogens with zero attached hydrogens (tertiary/aromatic N) is 6. The van der Waals surface area contributed by atoms with Crippen molar-refractivity contribution in [2.45, 2.75) is 64.1 Å². The average Bonchev–Trinajstić information content (AvgIpc) is 3.45. The summed E-state index contributed by atoms with van der Waals surface area (Å²) in [6, 6.07) is 9.13. The number of halogens is 1. The third kappa shape index (κ3) is 3.37. The van der Waals surface area contributed by atoms with Crippen LogP contribution in [0.5, 0.6) is 0 Å². The highest BCUT2D eigenvalue weighted by molar-refractivity contribution is 9.10. The predicted octanol–water partition coefficient (Wildman–Crippen LogP) is 5.21. The lowest BCUT2D eigenvalue weighted by Gasteiger charge is -2.40. The Bertz CT molecular complexity index is 1030. The lowest BCUT2D eigenvalue weighted by atomic mass is 10.0. The Morgan fingerprint density at radius 3 is 2.70 bits per heavy atom. The molecule has 156 valence electrons. The van der Waals surface area contributed by atoms with E-state index in [-0.39, 0.29) is 12.1 Å². The molecule has 1 saturated carbocycles. The maximum Gasteiger partial charge on any atom is 0.225 e. The molecule has 2 aromatic heterocycles. The molecule has 1 unspecified atom stereocenters. The van der Waals surface area contributed by atoms with Gasteiger partial charge in [-0.1, -0.05) is 47.8 Å². The topological polar surface area (TPSA) is 71.8 Å². The van der Waals surface area contributed by atoms with Crippen LogP contribution in [0.1, 0.15) is 69.4 Å². The second-order valence-corrected chi connectivity index (χ2v) is 9.06. The first kappa shape index (κ1) is 19.5. The monoisotopic (exact) mass is 467 g/mol. The first-order valence-electron chi connectivity index (χ1n) is 10.7. The fourth-order valence-electron chi connectivity index (χ4n) is 4.74. The Morgan fingerprint density at radius 1 is 1.20 bits per heavy atom. The van der Waals surface area contributed by atoms with Crippen molar-refractivity contribution in [2.24, 2.45) is 0 Å². The summed E-state index contributed by atoms with van der Waals surface area (Å²) in [5.74, 6) is 2.63. The van der Waals surface area contributed by atoms with E-state index in [2.05, 4.69) is 84.0 Å². The molecule has 1 aliphatic carbocycles. The molecule has 2 aliphatic rings. The van der Waals surface area contributed by atoms with Gasteiger partial charge >= 0.3 is 0 Å². The van der Waals surface area contributed by atoms with Crippen molar-refractivity contribution in [1.82, 2.24) is 24.7 Å². The van der Waals surface area contributed by atoms with Crippen molar-refractivity contribution in [3.8, 4) is 5.69 Å². The molecule has 8 heteroatoms. The summed E-state index contributed by atoms with van der Waals surface area (Å²) in [5, 5.41) is 12.1. The summed E-state index contributed by atoms with van der Waals surface area (Å²) in [4.78, 5) is 12.1. The van der Waals surface area contributed by atoms with Gasteiger partial charge in [-0.25, -0.2) is 4.98 Å². The van der Waals surface area contributed by atoms with Crippen LogP contribution in [0.4, 0.5) is 11.8 Å². The van der Waals surface area contributed by atoms with E-state index in [1.54, 1.807) is 6.33 Å². The van der Waals surface area contributed by atoms with Crippen LogP contribution in [0, 0.1) is 0 Å². The van der Waals surface area contributed by atoms with E-state index in [4.69, 9.17) is 4.98 Å². The zero-order valence-electron chi connectivity index (χ0n) is 17.3. The molecule has 30 heavy (non-hydrogen) atoms. The summed E-state index contributed by atoms with van der Waals surface area (Å²) >= 11 is 3.50. The lowest BCUT2D eigenvalue weighted by molar-refractivity contribution is 0.469. The Kier molecular flexibility index (Phi) is 5.18. The summed E-state index contributed by atoms with van der Waals surface area (Å²) in [7, 11) is 0. The normalized spacial score (nSPS) is 19.4. The van der Waals surface area contributed by atoms with Crippen LogP contribution in [-0.4, -0.2) is 30.8 Å². The van der Waals surface area contributed by atoms with Crippen molar-refractivity contribution in [2.75, 3.05) is 10.2 Å². The molecule has 1 aromatic carbocycles. The molecule has 7 nitrogen and oxygen atoms in total. The molecule has 0 radical (unpaired) electrons. The van der Waals surface area contributed by atoms with Gasteiger partial charge in [0.25, 0.3) is 0 Å². The van der Waals surface area contributed by atoms with Gasteiger partial charge in [0, 0.05) is 10.5 Å². The predicted molar refractivity (Wildman–Crippen MR) is 121 cm³/mol. The van der Waals surface area contributed by atoms with Crippen molar-refractivity contribution in [1.29, 1.82) is 0 Å². The molecule has 5 rings (SSSR count). The second-order valence-electron chi connectivity index (χ2n) is 8.15. The zero-order valence-corrected chi connectivity index (χ0v) is 18.9. The highest BCUT2D eigenvalue weighted by atomic mass is 79.9. The number of anilines is 2. The van der Waals surface area contributed by atoms with Gasteiger partial charge in [0.15, 0.2) is 11.6 Å². The van der Waals surface area contributed by atoms with Crippen molar-refractivity contribution in [3.05, 3.63) is 52.7 Å². The maximum absolute atomic E-state index is 5.02. The van der Waals surface area contributed by atoms with E-state index >= 15 is 0 Å². The van der Waals surface area contributed by atoms with Gasteiger partial charge in [0.1, 0.15) is 12.0 Å². The minimum Gasteiger partial charge on any atom is -0.348 e. The van der Waals surface area contributed by atoms with Gasteiger partial charge in [-0.2, -0.15) is 4.98 Å². The number of fused-ring (bicyclic) bond motifs is 3. The fourth-order valence-corrected chi connectivity index (χ4v) is 5.01. The lowest BCUT2D eigenvalue weighted by Crippen LogP contribution is -2.42. The standard InChI is InChI=1S/C22H26BrN7/c1-3-18-21-28-25-13-29(21)19-12-24-22(26-14(2)15-8-10-16(23)11-9-15)27-20(19)30(18)17-6-4-5-7-17/h8-14,17-18H,3-7H2,1-2H3,(H,24,26,27)/t14?,18-/m1/s1. The Balaban J connectivity index is 1.52. The summed E-state index contributed by atoms with van der Waals surface area (Å²) in [6.45, 7) is 4.35. The molecule has 1 aliphatic heterocycles. The van der Waals surface area contributed by atoms with Crippen LogP contribution in [0.15, 0.2) is 41.3 Å². The number of rotatable bonds is 5. The van der Waals surface area contributed by atoms with E-state index in [0.29, 0.717) is 12.0 Å². The molecule has 2 atom stereocenters. The van der Waals surface area contributed by atoms with E-state index in [9.17, 15) is 0 Å². The van der Waals surface area contributed by atoms with Crippen molar-refractivity contribution < 1.29 is 0 Å². The molecule has 0 bridgehead atoms. The summed E-state index contributed by atoms with van der Waals surface area (Å²) < 4.78 is 3.13. The largest absolute Gasteiger partial charge is 0.348 e. The molecule has 0 saturated heterocycles. The summed E-state index contributed by atoms with van der Waals surface area (Å²) in [6.07, 6.45) is 9.60.